The highest BCUT2D eigenvalue weighted by Crippen LogP contribution is 2.45. The summed E-state index contributed by atoms with van der Waals surface area (Å²) in [4.78, 5) is 15.2. The number of hydrogen-bond donors (Lipinski definition) is 1. The summed E-state index contributed by atoms with van der Waals surface area (Å²) in [6, 6.07) is 10.8. The smallest absolute Gasteiger partial charge is 0.336 e. The predicted molar refractivity (Wildman–Crippen MR) is 98.4 cm³/mol. The van der Waals surface area contributed by atoms with Gasteiger partial charge < -0.3 is 4.74 Å². The van der Waals surface area contributed by atoms with Gasteiger partial charge in [-0.25, -0.2) is 4.39 Å². The summed E-state index contributed by atoms with van der Waals surface area (Å²) in [7, 11) is 0. The fourth-order valence-corrected chi connectivity index (χ4v) is 3.32. The Morgan fingerprint density at radius 1 is 1.30 bits per heavy atom. The van der Waals surface area contributed by atoms with E-state index in [1.54, 1.807) is 37.3 Å². The first-order valence-corrected chi connectivity index (χ1v) is 8.99. The summed E-state index contributed by atoms with van der Waals surface area (Å²) in [6.45, 7) is -1.40. The molecule has 27 heavy (non-hydrogen) atoms. The third kappa shape index (κ3) is 4.88. The van der Waals surface area contributed by atoms with Crippen LogP contribution in [0.2, 0.25) is 0 Å². The summed E-state index contributed by atoms with van der Waals surface area (Å²) in [5, 5.41) is 2.25. The number of carbonyl (C=O) groups excluding carboxylic acids is 1. The van der Waals surface area contributed by atoms with E-state index in [0.717, 1.165) is 4.47 Å². The molecule has 1 N–H and O–H groups in total. The molecule has 0 unspecified atom stereocenters. The van der Waals surface area contributed by atoms with E-state index >= 15 is 0 Å². The minimum absolute atomic E-state index is 0.282. The molecule has 2 aromatic carbocycles. The molecule has 1 aliphatic rings. The predicted octanol–water partition coefficient (Wildman–Crippen LogP) is 4.78. The summed E-state index contributed by atoms with van der Waals surface area (Å²) >= 11 is 3.32. The van der Waals surface area contributed by atoms with Crippen molar-refractivity contribution in [3.05, 3.63) is 69.4 Å². The molecule has 1 amide bonds. The fourth-order valence-electron chi connectivity index (χ4n) is 2.73. The van der Waals surface area contributed by atoms with E-state index in [2.05, 4.69) is 26.2 Å². The van der Waals surface area contributed by atoms with E-state index < -0.39 is 24.6 Å². The summed E-state index contributed by atoms with van der Waals surface area (Å²) in [5.41, 5.74) is 1.20. The van der Waals surface area contributed by atoms with Crippen LogP contribution in [-0.4, -0.2) is 24.6 Å². The number of benzene rings is 2. The average molecular weight is 441 g/mol. The quantitative estimate of drug-likeness (QED) is 0.422. The summed E-state index contributed by atoms with van der Waals surface area (Å²) in [5.74, 6) is -1.26. The number of carbonyl (C=O) groups is 1. The maximum Gasteiger partial charge on any atom is 0.336 e. The zero-order valence-electron chi connectivity index (χ0n) is 14.3. The van der Waals surface area contributed by atoms with Gasteiger partial charge in [-0.15, -0.1) is 0 Å². The van der Waals surface area contributed by atoms with Gasteiger partial charge in [0.1, 0.15) is 11.9 Å². The Labute approximate surface area is 162 Å². The molecular formula is C19H16BrF3N2O2. The van der Waals surface area contributed by atoms with Crippen LogP contribution in [0.15, 0.2) is 51.9 Å². The normalized spacial score (nSPS) is 19.1. The van der Waals surface area contributed by atoms with Crippen molar-refractivity contribution in [1.82, 2.24) is 5.32 Å². The van der Waals surface area contributed by atoms with Crippen LogP contribution in [0.4, 0.5) is 13.2 Å². The van der Waals surface area contributed by atoms with Crippen LogP contribution < -0.4 is 5.32 Å². The Morgan fingerprint density at radius 2 is 2.00 bits per heavy atom. The molecule has 0 spiro atoms. The van der Waals surface area contributed by atoms with E-state index in [4.69, 9.17) is 4.74 Å². The maximum absolute atomic E-state index is 14.3. The molecule has 2 aromatic rings. The molecule has 1 saturated carbocycles. The van der Waals surface area contributed by atoms with Crippen molar-refractivity contribution in [2.24, 2.45) is 4.99 Å². The van der Waals surface area contributed by atoms with Gasteiger partial charge in [-0.3, -0.25) is 10.1 Å². The van der Waals surface area contributed by atoms with Gasteiger partial charge in [0.25, 0.3) is 11.9 Å². The van der Waals surface area contributed by atoms with E-state index in [9.17, 15) is 18.0 Å². The van der Waals surface area contributed by atoms with Crippen LogP contribution in [0.3, 0.4) is 0 Å². The fraction of sp³-hybridized carbons (Fsp3) is 0.263. The van der Waals surface area contributed by atoms with E-state index in [1.807, 2.05) is 0 Å². The van der Waals surface area contributed by atoms with Gasteiger partial charge in [0.15, 0.2) is 0 Å². The molecule has 0 heterocycles. The number of amidine groups is 1. The summed E-state index contributed by atoms with van der Waals surface area (Å²) < 4.78 is 45.9. The van der Waals surface area contributed by atoms with E-state index in [1.165, 1.54) is 12.1 Å². The second kappa shape index (κ2) is 8.12. The third-order valence-electron chi connectivity index (χ3n) is 4.11. The molecule has 8 heteroatoms. The van der Waals surface area contributed by atoms with Crippen molar-refractivity contribution in [2.75, 3.05) is 0 Å². The van der Waals surface area contributed by atoms with Crippen LogP contribution in [-0.2, 0) is 4.74 Å². The van der Waals surface area contributed by atoms with Crippen LogP contribution in [0.25, 0.3) is 0 Å². The summed E-state index contributed by atoms with van der Waals surface area (Å²) in [6.07, 6.45) is -0.0993. The van der Waals surface area contributed by atoms with Crippen molar-refractivity contribution in [2.45, 2.75) is 31.9 Å². The second-order valence-corrected chi connectivity index (χ2v) is 7.07. The first-order valence-electron chi connectivity index (χ1n) is 8.19. The van der Waals surface area contributed by atoms with Gasteiger partial charge in [0.05, 0.1) is 0 Å². The van der Waals surface area contributed by atoms with Crippen LogP contribution in [0.5, 0.6) is 0 Å². The molecule has 0 radical (unpaired) electrons. The lowest BCUT2D eigenvalue weighted by Crippen LogP contribution is -2.34. The maximum atomic E-state index is 14.3. The first-order chi connectivity index (χ1) is 12.8. The number of aryl methyl sites for hydroxylation is 1. The van der Waals surface area contributed by atoms with Gasteiger partial charge >= 0.3 is 6.55 Å². The molecular weight excluding hydrogens is 425 g/mol. The molecule has 1 aliphatic carbocycles. The SMILES string of the molecule is Cc1cc(Br)cc([C@H]2C[C@H]2O/C(=N\C(F)F)NC(=O)c2ccccc2)c1F. The number of nitrogens with one attached hydrogen (secondary N) is 1. The lowest BCUT2D eigenvalue weighted by atomic mass is 10.1. The number of alkyl halides is 2. The lowest BCUT2D eigenvalue weighted by Gasteiger charge is -2.11. The molecule has 1 fully saturated rings. The van der Waals surface area contributed by atoms with Crippen molar-refractivity contribution in [3.63, 3.8) is 0 Å². The van der Waals surface area contributed by atoms with Crippen LogP contribution in [0, 0.1) is 12.7 Å². The van der Waals surface area contributed by atoms with Crippen LogP contribution in [0.1, 0.15) is 33.8 Å². The van der Waals surface area contributed by atoms with Crippen molar-refractivity contribution < 1.29 is 22.7 Å². The van der Waals surface area contributed by atoms with Gasteiger partial charge in [-0.05, 0) is 48.7 Å². The van der Waals surface area contributed by atoms with Gasteiger partial charge in [-0.2, -0.15) is 13.8 Å². The molecule has 4 nitrogen and oxygen atoms in total. The molecule has 3 rings (SSSR count). The Bertz CT molecular complexity index is 875. The minimum atomic E-state index is -3.04. The van der Waals surface area contributed by atoms with E-state index in [-0.39, 0.29) is 17.3 Å². The van der Waals surface area contributed by atoms with Gasteiger partial charge in [0.2, 0.25) is 0 Å². The number of aliphatic imine (C=N–C) groups is 1. The highest BCUT2D eigenvalue weighted by Gasteiger charge is 2.43. The third-order valence-corrected chi connectivity index (χ3v) is 4.57. The first kappa shape index (κ1) is 19.4. The topological polar surface area (TPSA) is 50.7 Å². The molecule has 142 valence electrons. The molecule has 0 bridgehead atoms. The van der Waals surface area contributed by atoms with Crippen molar-refractivity contribution >= 4 is 27.9 Å². The number of nitrogens with zero attached hydrogens (tertiary/aromatic N) is 1. The molecule has 2 atom stereocenters. The Hall–Kier alpha value is -2.35. The van der Waals surface area contributed by atoms with E-state index in [0.29, 0.717) is 17.5 Å². The number of ether oxygens (including phenoxy) is 1. The molecule has 0 aromatic heterocycles. The number of halogens is 4. The number of amides is 1. The van der Waals surface area contributed by atoms with Gasteiger partial charge in [0, 0.05) is 16.0 Å². The van der Waals surface area contributed by atoms with Gasteiger partial charge in [-0.1, -0.05) is 34.1 Å². The highest BCUT2D eigenvalue weighted by atomic mass is 79.9. The largest absolute Gasteiger partial charge is 0.461 e. The number of rotatable bonds is 4. The zero-order valence-corrected chi connectivity index (χ0v) is 15.8. The number of hydrogen-bond acceptors (Lipinski definition) is 3. The minimum Gasteiger partial charge on any atom is -0.461 e. The average Bonchev–Trinajstić information content (AvgIpc) is 3.37. The Kier molecular flexibility index (Phi) is 5.84. The van der Waals surface area contributed by atoms with Crippen molar-refractivity contribution in [3.8, 4) is 0 Å². The Morgan fingerprint density at radius 3 is 2.67 bits per heavy atom. The molecule has 0 aliphatic heterocycles. The zero-order chi connectivity index (χ0) is 19.6. The molecule has 0 saturated heterocycles. The standard InChI is InChI=1S/C19H16BrF3N2O2/c1-10-7-12(20)8-14(16(10)21)13-9-15(13)27-19(25-18(22)23)24-17(26)11-5-3-2-4-6-11/h2-8,13,15,18H,9H2,1H3,(H,24,25,26)/t13-,15-/m1/s1. The lowest BCUT2D eigenvalue weighted by molar-refractivity contribution is 0.0959. The van der Waals surface area contributed by atoms with Crippen molar-refractivity contribution in [1.29, 1.82) is 0 Å². The Balaban J connectivity index is 1.71. The second-order valence-electron chi connectivity index (χ2n) is 6.16. The highest BCUT2D eigenvalue weighted by molar-refractivity contribution is 9.10. The van der Waals surface area contributed by atoms with Crippen LogP contribution >= 0.6 is 15.9 Å². The monoisotopic (exact) mass is 440 g/mol.